The van der Waals surface area contributed by atoms with Crippen molar-refractivity contribution in [1.82, 2.24) is 5.32 Å². The number of halogens is 1. The lowest BCUT2D eigenvalue weighted by Gasteiger charge is -2.13. The van der Waals surface area contributed by atoms with Crippen LogP contribution >= 0.6 is 12.4 Å². The summed E-state index contributed by atoms with van der Waals surface area (Å²) in [5.41, 5.74) is 6.08. The fourth-order valence-electron chi connectivity index (χ4n) is 1.57. The van der Waals surface area contributed by atoms with Crippen LogP contribution in [0.15, 0.2) is 18.2 Å². The van der Waals surface area contributed by atoms with E-state index in [0.717, 1.165) is 6.42 Å². The lowest BCUT2D eigenvalue weighted by atomic mass is 10.1. The van der Waals surface area contributed by atoms with E-state index in [1.165, 1.54) is 14.2 Å². The quantitative estimate of drug-likeness (QED) is 0.834. The summed E-state index contributed by atoms with van der Waals surface area (Å²) in [5.74, 6) is 0.794. The van der Waals surface area contributed by atoms with E-state index in [9.17, 15) is 4.79 Å². The first-order valence-electron chi connectivity index (χ1n) is 5.85. The summed E-state index contributed by atoms with van der Waals surface area (Å²) in [4.78, 5) is 12.0. The second kappa shape index (κ2) is 8.61. The largest absolute Gasteiger partial charge is 0.493 e. The zero-order valence-corrected chi connectivity index (χ0v) is 12.3. The number of hydrogen-bond acceptors (Lipinski definition) is 4. The van der Waals surface area contributed by atoms with Crippen molar-refractivity contribution in [3.8, 4) is 11.5 Å². The van der Waals surface area contributed by atoms with Crippen molar-refractivity contribution in [2.75, 3.05) is 20.8 Å². The maximum atomic E-state index is 12.0. The summed E-state index contributed by atoms with van der Waals surface area (Å²) in [5, 5.41) is 2.80. The summed E-state index contributed by atoms with van der Waals surface area (Å²) in [6.07, 6.45) is 0.734. The number of nitrogens with one attached hydrogen (secondary N) is 1. The highest BCUT2D eigenvalue weighted by molar-refractivity contribution is 5.97. The van der Waals surface area contributed by atoms with Crippen LogP contribution in [0.4, 0.5) is 0 Å². The number of rotatable bonds is 6. The zero-order chi connectivity index (χ0) is 13.5. The number of amides is 1. The average molecular weight is 289 g/mol. The maximum Gasteiger partial charge on any atom is 0.255 e. The van der Waals surface area contributed by atoms with Crippen LogP contribution in [-0.2, 0) is 0 Å². The van der Waals surface area contributed by atoms with Crippen LogP contribution < -0.4 is 20.5 Å². The number of carbonyl (C=O) groups excluding carboxylic acids is 1. The first kappa shape index (κ1) is 17.5. The average Bonchev–Trinajstić information content (AvgIpc) is 2.36. The molecule has 0 fully saturated rings. The Morgan fingerprint density at radius 2 is 2.05 bits per heavy atom. The lowest BCUT2D eigenvalue weighted by molar-refractivity contribution is 0.0949. The molecule has 0 spiro atoms. The molecule has 0 aliphatic carbocycles. The van der Waals surface area contributed by atoms with Gasteiger partial charge < -0.3 is 20.5 Å². The van der Waals surface area contributed by atoms with Crippen LogP contribution in [0.1, 0.15) is 23.7 Å². The molecule has 1 rings (SSSR count). The molecule has 1 aromatic carbocycles. The van der Waals surface area contributed by atoms with E-state index < -0.39 is 0 Å². The van der Waals surface area contributed by atoms with Gasteiger partial charge in [-0.3, -0.25) is 4.79 Å². The van der Waals surface area contributed by atoms with E-state index in [0.29, 0.717) is 23.6 Å². The van der Waals surface area contributed by atoms with Gasteiger partial charge in [-0.1, -0.05) is 6.07 Å². The van der Waals surface area contributed by atoms with Crippen LogP contribution in [0.2, 0.25) is 0 Å². The van der Waals surface area contributed by atoms with Crippen LogP contribution in [0.25, 0.3) is 0 Å². The molecule has 5 nitrogen and oxygen atoms in total. The van der Waals surface area contributed by atoms with Gasteiger partial charge in [-0.05, 0) is 25.5 Å². The molecule has 0 radical (unpaired) electrons. The van der Waals surface area contributed by atoms with Crippen molar-refractivity contribution in [1.29, 1.82) is 0 Å². The number of methoxy groups -OCH3 is 2. The van der Waals surface area contributed by atoms with Gasteiger partial charge in [0.05, 0.1) is 19.8 Å². The van der Waals surface area contributed by atoms with Crippen LogP contribution in [0.3, 0.4) is 0 Å². The second-order valence-electron chi connectivity index (χ2n) is 4.06. The Hall–Kier alpha value is -1.46. The summed E-state index contributed by atoms with van der Waals surface area (Å²) in [6.45, 7) is 2.44. The third kappa shape index (κ3) is 4.96. The van der Waals surface area contributed by atoms with E-state index in [1.807, 2.05) is 6.92 Å². The van der Waals surface area contributed by atoms with E-state index in [1.54, 1.807) is 18.2 Å². The van der Waals surface area contributed by atoms with Gasteiger partial charge in [-0.25, -0.2) is 0 Å². The highest BCUT2D eigenvalue weighted by Crippen LogP contribution is 2.30. The Balaban J connectivity index is 0.00000324. The molecule has 1 unspecified atom stereocenters. The topological polar surface area (TPSA) is 73.6 Å². The Bertz CT molecular complexity index is 411. The van der Waals surface area contributed by atoms with Crippen LogP contribution in [0, 0.1) is 0 Å². The Kier molecular flexibility index (Phi) is 7.95. The van der Waals surface area contributed by atoms with E-state index in [4.69, 9.17) is 15.2 Å². The van der Waals surface area contributed by atoms with Crippen molar-refractivity contribution in [3.63, 3.8) is 0 Å². The van der Waals surface area contributed by atoms with Gasteiger partial charge in [0.25, 0.3) is 5.91 Å². The van der Waals surface area contributed by atoms with Gasteiger partial charge in [0.1, 0.15) is 0 Å². The summed E-state index contributed by atoms with van der Waals surface area (Å²) >= 11 is 0. The molecule has 0 aliphatic heterocycles. The van der Waals surface area contributed by atoms with Gasteiger partial charge in [0.2, 0.25) is 0 Å². The minimum Gasteiger partial charge on any atom is -0.493 e. The predicted molar refractivity (Wildman–Crippen MR) is 77.4 cm³/mol. The number of para-hydroxylation sites is 1. The van der Waals surface area contributed by atoms with Gasteiger partial charge in [-0.15, -0.1) is 12.4 Å². The Morgan fingerprint density at radius 1 is 1.37 bits per heavy atom. The molecule has 3 N–H and O–H groups in total. The molecule has 0 heterocycles. The van der Waals surface area contributed by atoms with E-state index in [-0.39, 0.29) is 24.4 Å². The molecule has 1 atom stereocenters. The third-order valence-electron chi connectivity index (χ3n) is 2.53. The van der Waals surface area contributed by atoms with Gasteiger partial charge >= 0.3 is 0 Å². The van der Waals surface area contributed by atoms with Crippen molar-refractivity contribution < 1.29 is 14.3 Å². The lowest BCUT2D eigenvalue weighted by Crippen LogP contribution is -2.29. The highest BCUT2D eigenvalue weighted by atomic mass is 35.5. The fourth-order valence-corrected chi connectivity index (χ4v) is 1.57. The smallest absolute Gasteiger partial charge is 0.255 e. The number of ether oxygens (including phenoxy) is 2. The molecule has 0 saturated heterocycles. The maximum absolute atomic E-state index is 12.0. The number of hydrogen-bond donors (Lipinski definition) is 2. The van der Waals surface area contributed by atoms with Gasteiger partial charge in [-0.2, -0.15) is 0 Å². The predicted octanol–water partition coefficient (Wildman–Crippen LogP) is 1.59. The number of benzene rings is 1. The molecule has 1 aromatic rings. The molecule has 0 saturated carbocycles. The molecule has 19 heavy (non-hydrogen) atoms. The molecule has 1 amide bonds. The molecule has 0 aliphatic rings. The second-order valence-corrected chi connectivity index (χ2v) is 4.06. The van der Waals surface area contributed by atoms with E-state index in [2.05, 4.69) is 5.32 Å². The molecule has 6 heteroatoms. The van der Waals surface area contributed by atoms with E-state index >= 15 is 0 Å². The Labute approximate surface area is 119 Å². The monoisotopic (exact) mass is 288 g/mol. The van der Waals surface area contributed by atoms with Crippen molar-refractivity contribution in [2.45, 2.75) is 19.4 Å². The van der Waals surface area contributed by atoms with Gasteiger partial charge in [0, 0.05) is 12.6 Å². The number of carbonyl (C=O) groups is 1. The first-order chi connectivity index (χ1) is 8.60. The summed E-state index contributed by atoms with van der Waals surface area (Å²) in [7, 11) is 3.05. The molecular weight excluding hydrogens is 268 g/mol. The van der Waals surface area contributed by atoms with Crippen molar-refractivity contribution in [3.05, 3.63) is 23.8 Å². The highest BCUT2D eigenvalue weighted by Gasteiger charge is 2.15. The Morgan fingerprint density at radius 3 is 2.58 bits per heavy atom. The molecular formula is C13H21ClN2O3. The molecule has 0 bridgehead atoms. The van der Waals surface area contributed by atoms with Crippen molar-refractivity contribution in [2.24, 2.45) is 5.73 Å². The third-order valence-corrected chi connectivity index (χ3v) is 2.53. The SMILES string of the molecule is COc1cccc(C(=O)NCCC(C)N)c1OC.Cl. The number of nitrogens with two attached hydrogens (primary N) is 1. The van der Waals surface area contributed by atoms with Crippen LogP contribution in [-0.4, -0.2) is 32.7 Å². The first-order valence-corrected chi connectivity index (χ1v) is 5.85. The molecule has 0 aromatic heterocycles. The molecule has 108 valence electrons. The minimum atomic E-state index is -0.189. The van der Waals surface area contributed by atoms with Crippen LogP contribution in [0.5, 0.6) is 11.5 Å². The standard InChI is InChI=1S/C13H20N2O3.ClH/c1-9(14)7-8-15-13(16)10-5-4-6-11(17-2)12(10)18-3;/h4-6,9H,7-8,14H2,1-3H3,(H,15,16);1H. The van der Waals surface area contributed by atoms with Crippen molar-refractivity contribution >= 4 is 18.3 Å². The fraction of sp³-hybridized carbons (Fsp3) is 0.462. The zero-order valence-electron chi connectivity index (χ0n) is 11.4. The summed E-state index contributed by atoms with van der Waals surface area (Å²) < 4.78 is 10.4. The minimum absolute atomic E-state index is 0. The normalized spacial score (nSPS) is 11.2. The summed E-state index contributed by atoms with van der Waals surface area (Å²) in [6, 6.07) is 5.26. The van der Waals surface area contributed by atoms with Gasteiger partial charge in [0.15, 0.2) is 11.5 Å².